The van der Waals surface area contributed by atoms with Gasteiger partial charge in [-0.05, 0) is 12.8 Å². The third kappa shape index (κ3) is 2.78. The molecule has 0 aliphatic heterocycles. The van der Waals surface area contributed by atoms with Gasteiger partial charge in [-0.1, -0.05) is 26.7 Å². The molecule has 3 nitrogen and oxygen atoms in total. The van der Waals surface area contributed by atoms with E-state index >= 15 is 0 Å². The number of unbranched alkanes of at least 4 members (excludes halogenated alkanes) is 1. The highest BCUT2D eigenvalue weighted by Gasteiger charge is 2.33. The largest absolute Gasteiger partial charge is 0.504 e. The molecule has 0 aliphatic carbocycles. The predicted molar refractivity (Wildman–Crippen MR) is 47.0 cm³/mol. The molecule has 1 atom stereocenters. The van der Waals surface area contributed by atoms with E-state index in [2.05, 4.69) is 16.6 Å². The fourth-order valence-corrected chi connectivity index (χ4v) is 1.48. The molecule has 0 aromatic heterocycles. The van der Waals surface area contributed by atoms with Gasteiger partial charge in [0.1, 0.15) is 5.60 Å². The standard InChI is InChI=1S/C8H15O3.Al/c1-3-5-6-8(11,4-2)7(9)10;/h3-6H2,1-2H3,(H,9,10);/q-1;+1. The van der Waals surface area contributed by atoms with Crippen molar-refractivity contribution in [2.24, 2.45) is 0 Å². The van der Waals surface area contributed by atoms with Crippen LogP contribution in [0.15, 0.2) is 0 Å². The highest BCUT2D eigenvalue weighted by molar-refractivity contribution is 6.00. The van der Waals surface area contributed by atoms with Crippen molar-refractivity contribution in [3.8, 4) is 0 Å². The van der Waals surface area contributed by atoms with Gasteiger partial charge in [0.25, 0.3) is 0 Å². The maximum Gasteiger partial charge on any atom is 0.370 e. The van der Waals surface area contributed by atoms with E-state index in [1.165, 1.54) is 0 Å². The summed E-state index contributed by atoms with van der Waals surface area (Å²) in [6.07, 6.45) is 2.96. The van der Waals surface area contributed by atoms with E-state index < -0.39 is 11.6 Å². The van der Waals surface area contributed by atoms with E-state index in [0.29, 0.717) is 12.8 Å². The number of hydrogen-bond acceptors (Lipinski definition) is 2. The first kappa shape index (κ1) is 12.0. The number of hydrogen-bond donors (Lipinski definition) is 1. The molecule has 12 heavy (non-hydrogen) atoms. The van der Waals surface area contributed by atoms with Gasteiger partial charge in [-0.25, -0.2) is 4.79 Å². The SMILES string of the molecule is CCCCC(CC)([O][Al])C(=O)O. The first-order valence-corrected chi connectivity index (χ1v) is 4.71. The average Bonchev–Trinajstić information content (AvgIpc) is 2.07. The molecule has 0 aromatic carbocycles. The lowest BCUT2D eigenvalue weighted by Gasteiger charge is -2.28. The minimum absolute atomic E-state index is 0.506. The van der Waals surface area contributed by atoms with Crippen molar-refractivity contribution < 1.29 is 13.7 Å². The van der Waals surface area contributed by atoms with Gasteiger partial charge in [-0.15, -0.1) is 0 Å². The molecule has 0 fully saturated rings. The van der Waals surface area contributed by atoms with E-state index in [1.807, 2.05) is 13.8 Å². The van der Waals surface area contributed by atoms with E-state index in [4.69, 9.17) is 8.90 Å². The molecule has 0 spiro atoms. The summed E-state index contributed by atoms with van der Waals surface area (Å²) in [5.74, 6) is -0.867. The molecule has 1 N–H and O–H groups in total. The minimum Gasteiger partial charge on any atom is -0.504 e. The number of carboxylic acids is 1. The quantitative estimate of drug-likeness (QED) is 0.639. The van der Waals surface area contributed by atoms with Crippen molar-refractivity contribution in [3.63, 3.8) is 0 Å². The van der Waals surface area contributed by atoms with Gasteiger partial charge >= 0.3 is 22.6 Å². The summed E-state index contributed by atoms with van der Waals surface area (Å²) >= 11 is 2.05. The monoisotopic (exact) mass is 186 g/mol. The molecular formula is C8H15AlO3. The van der Waals surface area contributed by atoms with Crippen LogP contribution in [0.3, 0.4) is 0 Å². The molecular weight excluding hydrogens is 171 g/mol. The van der Waals surface area contributed by atoms with Crippen LogP contribution in [0, 0.1) is 0 Å². The molecule has 0 heterocycles. The Labute approximate surface area is 81.9 Å². The highest BCUT2D eigenvalue weighted by atomic mass is 27.1. The lowest BCUT2D eigenvalue weighted by atomic mass is 9.94. The first-order chi connectivity index (χ1) is 5.63. The molecule has 0 saturated heterocycles. The van der Waals surface area contributed by atoms with E-state index in [1.54, 1.807) is 0 Å². The predicted octanol–water partition coefficient (Wildman–Crippen LogP) is 1.51. The molecule has 0 aromatic rings. The van der Waals surface area contributed by atoms with E-state index in [9.17, 15) is 4.79 Å². The summed E-state index contributed by atoms with van der Waals surface area (Å²) in [6.45, 7) is 3.86. The number of carbonyl (C=O) groups is 1. The van der Waals surface area contributed by atoms with Crippen LogP contribution in [0.1, 0.15) is 39.5 Å². The van der Waals surface area contributed by atoms with Crippen LogP contribution < -0.4 is 0 Å². The molecule has 0 rings (SSSR count). The van der Waals surface area contributed by atoms with E-state index in [0.717, 1.165) is 12.8 Å². The van der Waals surface area contributed by atoms with Crippen molar-refractivity contribution in [3.05, 3.63) is 0 Å². The lowest BCUT2D eigenvalue weighted by molar-refractivity contribution is -0.156. The van der Waals surface area contributed by atoms with Crippen LogP contribution in [-0.4, -0.2) is 33.3 Å². The van der Waals surface area contributed by atoms with Crippen molar-refractivity contribution >= 4 is 22.6 Å². The Kier molecular flexibility index (Phi) is 5.56. The Bertz CT molecular complexity index is 143. The van der Waals surface area contributed by atoms with Crippen molar-refractivity contribution in [1.82, 2.24) is 0 Å². The topological polar surface area (TPSA) is 46.5 Å². The highest BCUT2D eigenvalue weighted by Crippen LogP contribution is 2.22. The number of carboxylic acid groups (broad SMARTS) is 1. The summed E-state index contributed by atoms with van der Waals surface area (Å²) in [4.78, 5) is 10.9. The second-order valence-electron chi connectivity index (χ2n) is 2.87. The van der Waals surface area contributed by atoms with Crippen LogP contribution in [0.2, 0.25) is 0 Å². The summed E-state index contributed by atoms with van der Waals surface area (Å²) in [5, 5.41) is 8.91. The van der Waals surface area contributed by atoms with Gasteiger partial charge in [0, 0.05) is 0 Å². The first-order valence-electron chi connectivity index (χ1n) is 4.24. The van der Waals surface area contributed by atoms with Gasteiger partial charge in [0.15, 0.2) is 0 Å². The molecule has 0 saturated carbocycles. The third-order valence-electron chi connectivity index (χ3n) is 2.12. The minimum atomic E-state index is -0.985. The van der Waals surface area contributed by atoms with Gasteiger partial charge in [-0.3, -0.25) is 0 Å². The van der Waals surface area contributed by atoms with Crippen molar-refractivity contribution in [1.29, 1.82) is 0 Å². The second-order valence-corrected chi connectivity index (χ2v) is 3.11. The molecule has 2 radical (unpaired) electrons. The maximum atomic E-state index is 10.9. The molecule has 0 aliphatic rings. The van der Waals surface area contributed by atoms with Gasteiger partial charge < -0.3 is 8.90 Å². The van der Waals surface area contributed by atoms with Gasteiger partial charge in [0.2, 0.25) is 0 Å². The van der Waals surface area contributed by atoms with Crippen LogP contribution in [0.4, 0.5) is 0 Å². The Morgan fingerprint density at radius 3 is 2.42 bits per heavy atom. The zero-order chi connectivity index (χ0) is 9.61. The lowest BCUT2D eigenvalue weighted by Crippen LogP contribution is -2.40. The summed E-state index contributed by atoms with van der Waals surface area (Å²) in [7, 11) is 0. The summed E-state index contributed by atoms with van der Waals surface area (Å²) in [6, 6.07) is 0. The third-order valence-corrected chi connectivity index (χ3v) is 2.57. The van der Waals surface area contributed by atoms with Crippen LogP contribution in [-0.2, 0) is 8.58 Å². The summed E-state index contributed by atoms with van der Waals surface area (Å²) in [5.41, 5.74) is -0.985. The number of rotatable bonds is 6. The zero-order valence-corrected chi connectivity index (χ0v) is 8.82. The normalized spacial score (nSPS) is 15.5. The fourth-order valence-electron chi connectivity index (χ4n) is 1.09. The van der Waals surface area contributed by atoms with E-state index in [-0.39, 0.29) is 0 Å². The van der Waals surface area contributed by atoms with Crippen molar-refractivity contribution in [2.75, 3.05) is 0 Å². The van der Waals surface area contributed by atoms with Crippen LogP contribution in [0.25, 0.3) is 0 Å². The smallest absolute Gasteiger partial charge is 0.370 e. The molecule has 68 valence electrons. The Balaban J connectivity index is 4.25. The zero-order valence-electron chi connectivity index (χ0n) is 7.67. The van der Waals surface area contributed by atoms with Crippen LogP contribution >= 0.6 is 0 Å². The fraction of sp³-hybridized carbons (Fsp3) is 0.875. The molecule has 4 heteroatoms. The Morgan fingerprint density at radius 1 is 1.58 bits per heavy atom. The summed E-state index contributed by atoms with van der Waals surface area (Å²) < 4.78 is 4.97. The number of aliphatic carboxylic acids is 1. The van der Waals surface area contributed by atoms with Crippen LogP contribution in [0.5, 0.6) is 0 Å². The second kappa shape index (κ2) is 5.58. The van der Waals surface area contributed by atoms with Gasteiger partial charge in [0.05, 0.1) is 0 Å². The molecule has 0 bridgehead atoms. The average molecular weight is 186 g/mol. The Morgan fingerprint density at radius 2 is 2.17 bits per heavy atom. The molecule has 0 amide bonds. The van der Waals surface area contributed by atoms with Gasteiger partial charge in [-0.2, -0.15) is 0 Å². The molecule has 1 unspecified atom stereocenters. The van der Waals surface area contributed by atoms with Crippen molar-refractivity contribution in [2.45, 2.75) is 45.1 Å². The Hall–Kier alpha value is -0.0375. The maximum absolute atomic E-state index is 10.9.